The van der Waals surface area contributed by atoms with Gasteiger partial charge in [-0.1, -0.05) is 25.6 Å². The Morgan fingerprint density at radius 3 is 2.75 bits per heavy atom. The Morgan fingerprint density at radius 2 is 2.16 bits per heavy atom. The Balaban J connectivity index is 1.73. The van der Waals surface area contributed by atoms with Crippen LogP contribution in [0.2, 0.25) is 0 Å². The fourth-order valence-electron chi connectivity index (χ4n) is 3.64. The summed E-state index contributed by atoms with van der Waals surface area (Å²) in [6.45, 7) is 4.87. The van der Waals surface area contributed by atoms with Crippen molar-refractivity contribution >= 4 is 33.4 Å². The fourth-order valence-corrected chi connectivity index (χ4v) is 6.21. The van der Waals surface area contributed by atoms with Crippen LogP contribution in [0.15, 0.2) is 28.0 Å². The van der Waals surface area contributed by atoms with Crippen molar-refractivity contribution in [2.45, 2.75) is 50.9 Å². The van der Waals surface area contributed by atoms with E-state index in [4.69, 9.17) is 10.2 Å². The Morgan fingerprint density at radius 1 is 1.38 bits per heavy atom. The van der Waals surface area contributed by atoms with Crippen LogP contribution in [0.5, 0.6) is 0 Å². The van der Waals surface area contributed by atoms with Crippen LogP contribution in [0.25, 0.3) is 0 Å². The molecule has 0 spiro atoms. The van der Waals surface area contributed by atoms with Gasteiger partial charge in [0.1, 0.15) is 11.6 Å². The average Bonchev–Trinajstić information content (AvgIpc) is 3.44. The summed E-state index contributed by atoms with van der Waals surface area (Å²) in [5, 5.41) is 8.90. The summed E-state index contributed by atoms with van der Waals surface area (Å²) in [5.41, 5.74) is 5.27. The molecule has 0 radical (unpaired) electrons. The van der Waals surface area contributed by atoms with Crippen molar-refractivity contribution < 1.29 is 22.4 Å². The van der Waals surface area contributed by atoms with Gasteiger partial charge in [-0.15, -0.1) is 10.2 Å². The zero-order valence-electron chi connectivity index (χ0n) is 18.3. The molecule has 10 nitrogen and oxygen atoms in total. The van der Waals surface area contributed by atoms with Crippen molar-refractivity contribution in [3.05, 3.63) is 30.0 Å². The molecule has 0 bridgehead atoms. The molecule has 2 N–H and O–H groups in total. The van der Waals surface area contributed by atoms with E-state index in [9.17, 15) is 18.0 Å². The van der Waals surface area contributed by atoms with Crippen LogP contribution in [0, 0.1) is 5.92 Å². The van der Waals surface area contributed by atoms with Crippen LogP contribution in [-0.2, 0) is 32.4 Å². The summed E-state index contributed by atoms with van der Waals surface area (Å²) < 4.78 is 31.1. The molecule has 32 heavy (non-hydrogen) atoms. The number of hydrogen-bond acceptors (Lipinski definition) is 8. The highest BCUT2D eigenvalue weighted by Gasteiger charge is 2.35. The van der Waals surface area contributed by atoms with Gasteiger partial charge in [-0.3, -0.25) is 14.2 Å². The number of carbonyl (C=O) groups excluding carboxylic acids is 2. The van der Waals surface area contributed by atoms with E-state index in [2.05, 4.69) is 10.2 Å². The molecule has 2 aromatic heterocycles. The van der Waals surface area contributed by atoms with E-state index in [1.807, 2.05) is 24.5 Å². The standard InChI is InChI=1S/C20H29N5O5S2/c1-14(2)10-24(15-7-9-32(28,29)13-15)19(27)12-31-20-23-22-18(6-5-17(21)26)25(20)11-16-4-3-8-30-16/h3-4,8,14-15H,5-7,9-13H2,1-2H3,(H2,21,26). The minimum Gasteiger partial charge on any atom is -0.467 e. The van der Waals surface area contributed by atoms with Crippen molar-refractivity contribution in [1.82, 2.24) is 19.7 Å². The van der Waals surface area contributed by atoms with Crippen molar-refractivity contribution in [2.24, 2.45) is 11.7 Å². The lowest BCUT2D eigenvalue weighted by Gasteiger charge is -2.29. The van der Waals surface area contributed by atoms with Crippen molar-refractivity contribution in [3.8, 4) is 0 Å². The second kappa shape index (κ2) is 10.5. The molecular formula is C20H29N5O5S2. The quantitative estimate of drug-likeness (QED) is 0.468. The molecular weight excluding hydrogens is 454 g/mol. The number of aromatic nitrogens is 3. The number of carbonyl (C=O) groups is 2. The molecule has 3 rings (SSSR count). The van der Waals surface area contributed by atoms with Gasteiger partial charge in [-0.05, 0) is 24.5 Å². The van der Waals surface area contributed by atoms with E-state index >= 15 is 0 Å². The second-order valence-electron chi connectivity index (χ2n) is 8.32. The first-order valence-electron chi connectivity index (χ1n) is 10.5. The maximum Gasteiger partial charge on any atom is 0.233 e. The third kappa shape index (κ3) is 6.58. The Labute approximate surface area is 191 Å². The maximum absolute atomic E-state index is 13.1. The summed E-state index contributed by atoms with van der Waals surface area (Å²) in [6, 6.07) is 3.31. The number of amides is 2. The van der Waals surface area contributed by atoms with Crippen LogP contribution in [-0.4, -0.2) is 69.7 Å². The van der Waals surface area contributed by atoms with Crippen molar-refractivity contribution in [1.29, 1.82) is 0 Å². The second-order valence-corrected chi connectivity index (χ2v) is 11.5. The van der Waals surface area contributed by atoms with Crippen LogP contribution in [0.1, 0.15) is 38.3 Å². The molecule has 1 aliphatic rings. The van der Waals surface area contributed by atoms with E-state index in [1.54, 1.807) is 17.2 Å². The zero-order valence-corrected chi connectivity index (χ0v) is 19.9. The first-order valence-corrected chi connectivity index (χ1v) is 13.3. The number of furan rings is 1. The smallest absolute Gasteiger partial charge is 0.233 e. The van der Waals surface area contributed by atoms with Gasteiger partial charge >= 0.3 is 0 Å². The monoisotopic (exact) mass is 483 g/mol. The van der Waals surface area contributed by atoms with Gasteiger partial charge < -0.3 is 15.1 Å². The Bertz CT molecular complexity index is 1030. The van der Waals surface area contributed by atoms with E-state index in [0.717, 1.165) is 0 Å². The number of primary amides is 1. The predicted octanol–water partition coefficient (Wildman–Crippen LogP) is 1.10. The lowest BCUT2D eigenvalue weighted by atomic mass is 10.1. The molecule has 3 heterocycles. The normalized spacial score (nSPS) is 17.7. The molecule has 1 fully saturated rings. The third-order valence-electron chi connectivity index (χ3n) is 5.14. The average molecular weight is 484 g/mol. The summed E-state index contributed by atoms with van der Waals surface area (Å²) in [7, 11) is -3.10. The summed E-state index contributed by atoms with van der Waals surface area (Å²) in [4.78, 5) is 26.0. The number of sulfone groups is 1. The highest BCUT2D eigenvalue weighted by molar-refractivity contribution is 7.99. The summed E-state index contributed by atoms with van der Waals surface area (Å²) >= 11 is 1.24. The van der Waals surface area contributed by atoms with Gasteiger partial charge in [0.05, 0.1) is 30.1 Å². The molecule has 1 atom stereocenters. The van der Waals surface area contributed by atoms with E-state index in [0.29, 0.717) is 42.7 Å². The zero-order chi connectivity index (χ0) is 23.3. The van der Waals surface area contributed by atoms with Gasteiger partial charge in [-0.25, -0.2) is 8.42 Å². The molecule has 0 saturated carbocycles. The largest absolute Gasteiger partial charge is 0.467 e. The van der Waals surface area contributed by atoms with Crippen molar-refractivity contribution in [3.63, 3.8) is 0 Å². The minimum absolute atomic E-state index is 0.0159. The lowest BCUT2D eigenvalue weighted by Crippen LogP contribution is -2.44. The Hall–Kier alpha value is -2.34. The summed E-state index contributed by atoms with van der Waals surface area (Å²) in [6.07, 6.45) is 2.51. The van der Waals surface area contributed by atoms with E-state index < -0.39 is 15.7 Å². The van der Waals surface area contributed by atoms with E-state index in [1.165, 1.54) is 11.8 Å². The molecule has 1 aliphatic heterocycles. The maximum atomic E-state index is 13.1. The van der Waals surface area contributed by atoms with Crippen LogP contribution < -0.4 is 5.73 Å². The topological polar surface area (TPSA) is 141 Å². The third-order valence-corrected chi connectivity index (χ3v) is 7.84. The lowest BCUT2D eigenvalue weighted by molar-refractivity contribution is -0.130. The molecule has 1 saturated heterocycles. The van der Waals surface area contributed by atoms with Gasteiger partial charge in [0.15, 0.2) is 15.0 Å². The molecule has 12 heteroatoms. The molecule has 1 unspecified atom stereocenters. The van der Waals surface area contributed by atoms with Crippen LogP contribution in [0.4, 0.5) is 0 Å². The number of rotatable bonds is 11. The van der Waals surface area contributed by atoms with Crippen LogP contribution in [0.3, 0.4) is 0 Å². The predicted molar refractivity (Wildman–Crippen MR) is 120 cm³/mol. The number of hydrogen-bond donors (Lipinski definition) is 1. The number of nitrogens with zero attached hydrogens (tertiary/aromatic N) is 4. The highest BCUT2D eigenvalue weighted by atomic mass is 32.2. The first-order chi connectivity index (χ1) is 15.1. The Kier molecular flexibility index (Phi) is 7.99. The number of aryl methyl sites for hydroxylation is 1. The van der Waals surface area contributed by atoms with Gasteiger partial charge in [0.25, 0.3) is 0 Å². The number of nitrogens with two attached hydrogens (primary N) is 1. The highest BCUT2D eigenvalue weighted by Crippen LogP contribution is 2.24. The molecule has 176 valence electrons. The fraction of sp³-hybridized carbons (Fsp3) is 0.600. The SMILES string of the molecule is CC(C)CN(C(=O)CSc1nnc(CCC(N)=O)n1Cc1ccco1)C1CCS(=O)(=O)C1. The number of thioether (sulfide) groups is 1. The van der Waals surface area contributed by atoms with Crippen molar-refractivity contribution in [2.75, 3.05) is 23.8 Å². The molecule has 2 amide bonds. The summed E-state index contributed by atoms with van der Waals surface area (Å²) in [5.74, 6) is 1.17. The van der Waals surface area contributed by atoms with E-state index in [-0.39, 0.29) is 41.5 Å². The van der Waals surface area contributed by atoms with Gasteiger partial charge in [0, 0.05) is 25.4 Å². The van der Waals surface area contributed by atoms with Gasteiger partial charge in [0.2, 0.25) is 11.8 Å². The first kappa shape index (κ1) is 24.3. The van der Waals surface area contributed by atoms with Crippen LogP contribution >= 0.6 is 11.8 Å². The molecule has 2 aromatic rings. The molecule has 0 aromatic carbocycles. The van der Waals surface area contributed by atoms with Gasteiger partial charge in [-0.2, -0.15) is 0 Å². The minimum atomic E-state index is -3.10. The molecule has 0 aliphatic carbocycles.